The molecular formula is C25H27N11O3S. The van der Waals surface area contributed by atoms with E-state index >= 15 is 0 Å². The molecule has 5 aromatic heterocycles. The molecule has 0 aromatic carbocycles. The lowest BCUT2D eigenvalue weighted by molar-refractivity contribution is 0.0171. The Kier molecular flexibility index (Phi) is 6.09. The first-order valence-corrected chi connectivity index (χ1v) is 14.5. The second-order valence-corrected chi connectivity index (χ2v) is 11.9. The molecule has 1 aliphatic heterocycles. The molecule has 1 saturated heterocycles. The molecule has 1 aliphatic rings. The molecule has 40 heavy (non-hydrogen) atoms. The SMILES string of the molecule is CC1C[C@@H](CCc2nc3c(-c4ccc(-c5cnn(C)c5)nc4)cnn3c(N)c2S(C)(=O)=O)N1C(=O)c1ncn[nH]1. The molecule has 6 rings (SSSR count). The van der Waals surface area contributed by atoms with Crippen LogP contribution in [0.1, 0.15) is 36.1 Å². The van der Waals surface area contributed by atoms with Gasteiger partial charge in [-0.3, -0.25) is 19.6 Å². The third-order valence-electron chi connectivity index (χ3n) is 7.20. The largest absolute Gasteiger partial charge is 0.382 e. The summed E-state index contributed by atoms with van der Waals surface area (Å²) in [6.07, 6.45) is 10.9. The average Bonchev–Trinajstić information content (AvgIpc) is 3.67. The van der Waals surface area contributed by atoms with E-state index in [1.165, 1.54) is 10.8 Å². The van der Waals surface area contributed by atoms with E-state index < -0.39 is 9.84 Å². The molecule has 1 amide bonds. The van der Waals surface area contributed by atoms with E-state index in [2.05, 4.69) is 30.4 Å². The van der Waals surface area contributed by atoms with Crippen LogP contribution in [0, 0.1) is 0 Å². The van der Waals surface area contributed by atoms with Crippen molar-refractivity contribution >= 4 is 27.2 Å². The van der Waals surface area contributed by atoms with Crippen molar-refractivity contribution in [2.75, 3.05) is 12.0 Å². The van der Waals surface area contributed by atoms with Crippen LogP contribution in [0.4, 0.5) is 5.82 Å². The van der Waals surface area contributed by atoms with Crippen LogP contribution >= 0.6 is 0 Å². The van der Waals surface area contributed by atoms with Crippen LogP contribution in [0.2, 0.25) is 0 Å². The fourth-order valence-electron chi connectivity index (χ4n) is 5.30. The third kappa shape index (κ3) is 4.37. The van der Waals surface area contributed by atoms with Crippen LogP contribution < -0.4 is 5.73 Å². The van der Waals surface area contributed by atoms with Gasteiger partial charge in [0.2, 0.25) is 5.82 Å². The van der Waals surface area contributed by atoms with E-state index in [1.807, 2.05) is 32.3 Å². The molecule has 14 nitrogen and oxygen atoms in total. The number of hydrogen-bond acceptors (Lipinski definition) is 10. The number of H-pyrrole nitrogens is 1. The first-order chi connectivity index (χ1) is 19.1. The summed E-state index contributed by atoms with van der Waals surface area (Å²) in [4.78, 5) is 27.9. The lowest BCUT2D eigenvalue weighted by atomic mass is 9.89. The molecule has 5 aromatic rings. The lowest BCUT2D eigenvalue weighted by Crippen LogP contribution is -2.57. The molecular weight excluding hydrogens is 534 g/mol. The molecule has 3 N–H and O–H groups in total. The van der Waals surface area contributed by atoms with Gasteiger partial charge in [-0.25, -0.2) is 18.4 Å². The van der Waals surface area contributed by atoms with Crippen LogP contribution in [0.25, 0.3) is 28.0 Å². The van der Waals surface area contributed by atoms with Crippen molar-refractivity contribution in [3.05, 3.63) is 54.8 Å². The van der Waals surface area contributed by atoms with Crippen LogP contribution in [0.15, 0.2) is 48.1 Å². The van der Waals surface area contributed by atoms with Crippen LogP contribution in [-0.4, -0.2) is 82.1 Å². The first kappa shape index (κ1) is 25.6. The topological polar surface area (TPSA) is 183 Å². The maximum Gasteiger partial charge on any atom is 0.291 e. The monoisotopic (exact) mass is 561 g/mol. The van der Waals surface area contributed by atoms with E-state index in [4.69, 9.17) is 10.7 Å². The standard InChI is InChI=1S/C25H27N11O3S/c1-14-8-17(35(14)25(37)23-28-13-29-33-23)5-7-20-21(40(3,38)39)22(26)36-24(32-20)18(11-31-36)15-4-6-19(27-9-15)16-10-30-34(2)12-16/h4,6,9-14,17H,5,7-8,26H2,1-3H3,(H,28,29,33)/t14?,17-/m1/s1. The Morgan fingerprint density at radius 1 is 1.15 bits per heavy atom. The highest BCUT2D eigenvalue weighted by Gasteiger charge is 2.40. The number of hydrogen-bond donors (Lipinski definition) is 2. The number of nitrogens with one attached hydrogen (secondary N) is 1. The first-order valence-electron chi connectivity index (χ1n) is 12.6. The summed E-state index contributed by atoms with van der Waals surface area (Å²) in [6, 6.07) is 3.70. The van der Waals surface area contributed by atoms with Gasteiger partial charge in [0.25, 0.3) is 5.91 Å². The van der Waals surface area contributed by atoms with Gasteiger partial charge in [-0.1, -0.05) is 6.07 Å². The molecule has 1 fully saturated rings. The number of pyridine rings is 1. The third-order valence-corrected chi connectivity index (χ3v) is 8.39. The number of carbonyl (C=O) groups excluding carboxylic acids is 1. The van der Waals surface area contributed by atoms with Gasteiger partial charge >= 0.3 is 0 Å². The summed E-state index contributed by atoms with van der Waals surface area (Å²) >= 11 is 0. The Morgan fingerprint density at radius 2 is 1.98 bits per heavy atom. The highest BCUT2D eigenvalue weighted by Crippen LogP contribution is 2.33. The number of aromatic amines is 1. The number of likely N-dealkylation sites (tertiary alicyclic amines) is 1. The number of rotatable bonds is 7. The molecule has 15 heteroatoms. The normalized spacial score (nSPS) is 17.3. The summed E-state index contributed by atoms with van der Waals surface area (Å²) < 4.78 is 28.7. The zero-order chi connectivity index (χ0) is 28.2. The predicted molar refractivity (Wildman–Crippen MR) is 145 cm³/mol. The van der Waals surface area contributed by atoms with Gasteiger partial charge in [-0.2, -0.15) is 19.8 Å². The number of fused-ring (bicyclic) bond motifs is 1. The highest BCUT2D eigenvalue weighted by atomic mass is 32.2. The number of carbonyl (C=O) groups is 1. The maximum absolute atomic E-state index is 12.9. The van der Waals surface area contributed by atoms with E-state index in [9.17, 15) is 13.2 Å². The molecule has 0 aliphatic carbocycles. The minimum atomic E-state index is -3.73. The Labute approximate surface area is 229 Å². The molecule has 1 unspecified atom stereocenters. The minimum Gasteiger partial charge on any atom is -0.382 e. The summed E-state index contributed by atoms with van der Waals surface area (Å²) in [5, 5.41) is 14.9. The lowest BCUT2D eigenvalue weighted by Gasteiger charge is -2.47. The van der Waals surface area contributed by atoms with Gasteiger partial charge in [0, 0.05) is 54.5 Å². The fraction of sp³-hybridized carbons (Fsp3) is 0.320. The van der Waals surface area contributed by atoms with Crippen molar-refractivity contribution in [1.82, 2.24) is 49.4 Å². The molecule has 0 spiro atoms. The van der Waals surface area contributed by atoms with E-state index in [-0.39, 0.29) is 34.5 Å². The van der Waals surface area contributed by atoms with Crippen molar-refractivity contribution in [3.63, 3.8) is 0 Å². The molecule has 2 atom stereocenters. The van der Waals surface area contributed by atoms with Gasteiger partial charge in [-0.15, -0.1) is 0 Å². The number of anilines is 1. The van der Waals surface area contributed by atoms with Crippen molar-refractivity contribution in [3.8, 4) is 22.4 Å². The van der Waals surface area contributed by atoms with Gasteiger partial charge in [-0.05, 0) is 32.3 Å². The minimum absolute atomic E-state index is 0.00902. The molecule has 0 saturated carbocycles. The average molecular weight is 562 g/mol. The zero-order valence-corrected chi connectivity index (χ0v) is 22.9. The number of nitrogens with zero attached hydrogens (tertiary/aromatic N) is 9. The van der Waals surface area contributed by atoms with Gasteiger partial charge < -0.3 is 10.6 Å². The second-order valence-electron chi connectivity index (χ2n) is 10.00. The Hall–Kier alpha value is -4.66. The van der Waals surface area contributed by atoms with Gasteiger partial charge in [0.15, 0.2) is 15.5 Å². The number of sulfone groups is 1. The zero-order valence-electron chi connectivity index (χ0n) is 22.1. The molecule has 0 bridgehead atoms. The van der Waals surface area contributed by atoms with Crippen molar-refractivity contribution < 1.29 is 13.2 Å². The van der Waals surface area contributed by atoms with E-state index in [0.717, 1.165) is 29.5 Å². The maximum atomic E-state index is 12.9. The van der Waals surface area contributed by atoms with Crippen molar-refractivity contribution in [1.29, 1.82) is 0 Å². The number of aryl methyl sites for hydroxylation is 2. The van der Waals surface area contributed by atoms with Crippen molar-refractivity contribution in [2.24, 2.45) is 7.05 Å². The van der Waals surface area contributed by atoms with E-state index in [0.29, 0.717) is 29.7 Å². The predicted octanol–water partition coefficient (Wildman–Crippen LogP) is 1.53. The van der Waals surface area contributed by atoms with Gasteiger partial charge in [0.1, 0.15) is 17.0 Å². The quantitative estimate of drug-likeness (QED) is 0.295. The summed E-state index contributed by atoms with van der Waals surface area (Å²) in [6.45, 7) is 1.96. The fourth-order valence-corrected chi connectivity index (χ4v) is 6.34. The smallest absolute Gasteiger partial charge is 0.291 e. The highest BCUT2D eigenvalue weighted by molar-refractivity contribution is 7.91. The number of nitrogens with two attached hydrogens (primary N) is 1. The van der Waals surface area contributed by atoms with E-state index in [1.54, 1.807) is 28.2 Å². The Morgan fingerprint density at radius 3 is 2.60 bits per heavy atom. The number of amides is 1. The molecule has 206 valence electrons. The molecule has 0 radical (unpaired) electrons. The summed E-state index contributed by atoms with van der Waals surface area (Å²) in [5.41, 5.74) is 10.2. The van der Waals surface area contributed by atoms with Crippen LogP contribution in [0.3, 0.4) is 0 Å². The summed E-state index contributed by atoms with van der Waals surface area (Å²) in [7, 11) is -1.89. The Balaban J connectivity index is 1.33. The van der Waals surface area contributed by atoms with Crippen LogP contribution in [0.5, 0.6) is 0 Å². The van der Waals surface area contributed by atoms with Crippen molar-refractivity contribution in [2.45, 2.75) is 43.2 Å². The van der Waals surface area contributed by atoms with Crippen LogP contribution in [-0.2, 0) is 23.3 Å². The van der Waals surface area contributed by atoms with Gasteiger partial charge in [0.05, 0.1) is 23.8 Å². The number of nitrogen functional groups attached to an aromatic ring is 1. The summed E-state index contributed by atoms with van der Waals surface area (Å²) in [5.74, 6) is -0.0812. The molecule has 6 heterocycles. The Bertz CT molecular complexity index is 1830. The second kappa shape index (κ2) is 9.51. The number of aromatic nitrogens is 9.